The maximum Gasteiger partial charge on any atom is 0.240 e. The average Bonchev–Trinajstić information content (AvgIpc) is 3.51. The summed E-state index contributed by atoms with van der Waals surface area (Å²) < 4.78 is 16.3. The van der Waals surface area contributed by atoms with Crippen molar-refractivity contribution in [1.82, 2.24) is 39.6 Å². The molecule has 2 bridgehead atoms. The molecule has 5 heterocycles. The summed E-state index contributed by atoms with van der Waals surface area (Å²) in [6.07, 6.45) is 7.49. The number of ether oxygens (including phenoxy) is 2. The number of aromatic amines is 1. The van der Waals surface area contributed by atoms with Gasteiger partial charge in [0, 0.05) is 31.6 Å². The van der Waals surface area contributed by atoms with Gasteiger partial charge in [-0.2, -0.15) is 10.2 Å². The van der Waals surface area contributed by atoms with E-state index in [1.807, 2.05) is 43.8 Å². The zero-order valence-corrected chi connectivity index (χ0v) is 23.2. The van der Waals surface area contributed by atoms with Crippen molar-refractivity contribution >= 4 is 23.1 Å². The van der Waals surface area contributed by atoms with Crippen molar-refractivity contribution in [3.05, 3.63) is 34.9 Å². The molecule has 206 valence electrons. The number of aliphatic hydroxyl groups excluding tert-OH is 1. The van der Waals surface area contributed by atoms with Crippen LogP contribution < -0.4 is 9.47 Å². The molecule has 0 saturated heterocycles. The van der Waals surface area contributed by atoms with E-state index in [2.05, 4.69) is 27.1 Å². The zero-order valence-electron chi connectivity index (χ0n) is 23.2. The molecule has 1 aliphatic carbocycles. The Morgan fingerprint density at radius 3 is 2.82 bits per heavy atom. The highest BCUT2D eigenvalue weighted by atomic mass is 16.5. The van der Waals surface area contributed by atoms with Crippen LogP contribution >= 0.6 is 0 Å². The number of H-pyrrole nitrogens is 1. The molecule has 0 aromatic carbocycles. The number of hydrogen-bond donors (Lipinski definition) is 2. The Morgan fingerprint density at radius 1 is 1.26 bits per heavy atom. The lowest BCUT2D eigenvalue weighted by Gasteiger charge is -2.27. The first kappa shape index (κ1) is 25.6. The van der Waals surface area contributed by atoms with E-state index in [-0.39, 0.29) is 6.10 Å². The minimum absolute atomic E-state index is 0.101. The van der Waals surface area contributed by atoms with E-state index in [9.17, 15) is 5.11 Å². The van der Waals surface area contributed by atoms with Gasteiger partial charge < -0.3 is 14.6 Å². The molecule has 1 aliphatic heterocycles. The van der Waals surface area contributed by atoms with E-state index in [1.165, 1.54) is 0 Å². The van der Waals surface area contributed by atoms with Crippen LogP contribution in [0.2, 0.25) is 0 Å². The lowest BCUT2D eigenvalue weighted by Crippen LogP contribution is -2.36. The second-order valence-corrected chi connectivity index (χ2v) is 10.7. The molecular formula is C28H36N8O3. The van der Waals surface area contributed by atoms with Gasteiger partial charge in [-0.1, -0.05) is 0 Å². The summed E-state index contributed by atoms with van der Waals surface area (Å²) in [5, 5.41) is 28.3. The van der Waals surface area contributed by atoms with Gasteiger partial charge in [-0.15, -0.1) is 5.10 Å². The molecule has 1 saturated carbocycles. The maximum atomic E-state index is 10.3. The molecule has 4 aromatic heterocycles. The average molecular weight is 533 g/mol. The Balaban J connectivity index is 1.54. The number of nitrogens with zero attached hydrogens (tertiary/aromatic N) is 7. The van der Waals surface area contributed by atoms with Crippen LogP contribution in [0.5, 0.6) is 11.8 Å². The molecule has 11 nitrogen and oxygen atoms in total. The maximum absolute atomic E-state index is 10.3. The van der Waals surface area contributed by atoms with Crippen molar-refractivity contribution in [3.63, 3.8) is 0 Å². The minimum Gasteiger partial charge on any atom is -0.476 e. The Bertz CT molecular complexity index is 1530. The summed E-state index contributed by atoms with van der Waals surface area (Å²) in [6.45, 7) is 10.1. The lowest BCUT2D eigenvalue weighted by molar-refractivity contribution is 0.122. The Labute approximate surface area is 227 Å². The Hall–Kier alpha value is -3.70. The predicted octanol–water partition coefficient (Wildman–Crippen LogP) is 3.56. The van der Waals surface area contributed by atoms with E-state index in [1.54, 1.807) is 17.8 Å². The first-order valence-electron chi connectivity index (χ1n) is 13.7. The highest BCUT2D eigenvalue weighted by molar-refractivity contribution is 5.92. The van der Waals surface area contributed by atoms with Crippen LogP contribution in [0.15, 0.2) is 12.3 Å². The van der Waals surface area contributed by atoms with Crippen molar-refractivity contribution in [3.8, 4) is 23.0 Å². The number of nitrogens with one attached hydrogen (secondary N) is 1. The zero-order chi connectivity index (χ0) is 27.3. The second kappa shape index (κ2) is 10.1. The third kappa shape index (κ3) is 4.92. The standard InChI is InChI=1S/C28H36N8O3/c1-6-38-27-20-9-10-22-21-11-23(29-12-24(21)31-30-22)26-18(4)32-34(5)28(26)39-17(3)14-35(19-7-8-19)15-25(20)36(33-27)13-16(2)37/h9-12,16-17,19,37H,6-8,13-15H2,1-5H3,(H,30,31)/b10-9+/t16-,17-/m0/s1. The van der Waals surface area contributed by atoms with Gasteiger partial charge in [-0.05, 0) is 58.8 Å². The molecule has 39 heavy (non-hydrogen) atoms. The molecule has 2 aliphatic rings. The summed E-state index contributed by atoms with van der Waals surface area (Å²) >= 11 is 0. The fourth-order valence-corrected chi connectivity index (χ4v) is 5.43. The van der Waals surface area contributed by atoms with Crippen LogP contribution in [0, 0.1) is 6.92 Å². The van der Waals surface area contributed by atoms with E-state index in [4.69, 9.17) is 19.6 Å². The van der Waals surface area contributed by atoms with E-state index < -0.39 is 6.10 Å². The second-order valence-electron chi connectivity index (χ2n) is 10.7. The van der Waals surface area contributed by atoms with Crippen molar-refractivity contribution in [2.75, 3.05) is 13.2 Å². The van der Waals surface area contributed by atoms with E-state index >= 15 is 0 Å². The number of fused-ring (bicyclic) bond motifs is 4. The van der Waals surface area contributed by atoms with Crippen LogP contribution in [-0.4, -0.2) is 76.2 Å². The first-order valence-corrected chi connectivity index (χ1v) is 13.7. The largest absolute Gasteiger partial charge is 0.476 e. The highest BCUT2D eigenvalue weighted by Gasteiger charge is 2.33. The fraction of sp³-hybridized carbons (Fsp3) is 0.500. The highest BCUT2D eigenvalue weighted by Crippen LogP contribution is 2.36. The number of hydrogen-bond acceptors (Lipinski definition) is 8. The Morgan fingerprint density at radius 2 is 2.08 bits per heavy atom. The molecule has 0 unspecified atom stereocenters. The number of aromatic nitrogens is 7. The molecule has 0 amide bonds. The van der Waals surface area contributed by atoms with Gasteiger partial charge in [-0.3, -0.25) is 19.7 Å². The Kier molecular flexibility index (Phi) is 6.64. The summed E-state index contributed by atoms with van der Waals surface area (Å²) in [7, 11) is 1.91. The molecule has 4 aromatic rings. The number of pyridine rings is 1. The molecule has 1 fully saturated rings. The van der Waals surface area contributed by atoms with Crippen molar-refractivity contribution in [1.29, 1.82) is 0 Å². The van der Waals surface area contributed by atoms with Gasteiger partial charge in [0.25, 0.3) is 0 Å². The topological polar surface area (TPSA) is 119 Å². The van der Waals surface area contributed by atoms with Crippen molar-refractivity contribution in [2.45, 2.75) is 71.9 Å². The number of aryl methyl sites for hydroxylation is 2. The molecule has 0 radical (unpaired) electrons. The minimum atomic E-state index is -0.548. The third-order valence-corrected chi connectivity index (χ3v) is 7.31. The van der Waals surface area contributed by atoms with E-state index in [0.29, 0.717) is 37.5 Å². The van der Waals surface area contributed by atoms with Crippen molar-refractivity contribution in [2.24, 2.45) is 7.05 Å². The molecule has 2 atom stereocenters. The van der Waals surface area contributed by atoms with Crippen LogP contribution in [0.3, 0.4) is 0 Å². The quantitative estimate of drug-likeness (QED) is 0.401. The van der Waals surface area contributed by atoms with Gasteiger partial charge in [0.05, 0.1) is 64.9 Å². The lowest BCUT2D eigenvalue weighted by atomic mass is 10.1. The smallest absolute Gasteiger partial charge is 0.240 e. The van der Waals surface area contributed by atoms with Crippen molar-refractivity contribution < 1.29 is 14.6 Å². The summed E-state index contributed by atoms with van der Waals surface area (Å²) in [4.78, 5) is 7.19. The normalized spacial score (nSPS) is 19.7. The number of aliphatic hydroxyl groups is 1. The monoisotopic (exact) mass is 532 g/mol. The van der Waals surface area contributed by atoms with Gasteiger partial charge in [0.1, 0.15) is 6.10 Å². The summed E-state index contributed by atoms with van der Waals surface area (Å²) in [5.74, 6) is 1.27. The third-order valence-electron chi connectivity index (χ3n) is 7.31. The predicted molar refractivity (Wildman–Crippen MR) is 148 cm³/mol. The SMILES string of the molecule is CCOc1nn(C[C@H](C)O)c2c1/C=C/c1n[nH]c3cnc(cc13)-c1c(C)nn(C)c1O[C@@H](C)CN(C1CC1)C2. The molecule has 6 rings (SSSR count). The van der Waals surface area contributed by atoms with Crippen LogP contribution in [0.4, 0.5) is 0 Å². The summed E-state index contributed by atoms with van der Waals surface area (Å²) in [6, 6.07) is 2.52. The van der Waals surface area contributed by atoms with Crippen LogP contribution in [0.1, 0.15) is 56.3 Å². The van der Waals surface area contributed by atoms with Gasteiger partial charge in [0.2, 0.25) is 11.8 Å². The molecule has 0 spiro atoms. The summed E-state index contributed by atoms with van der Waals surface area (Å²) in [5.41, 5.74) is 6.09. The van der Waals surface area contributed by atoms with Crippen LogP contribution in [0.25, 0.3) is 34.3 Å². The molecular weight excluding hydrogens is 496 g/mol. The number of rotatable bonds is 5. The molecule has 11 heteroatoms. The van der Waals surface area contributed by atoms with Gasteiger partial charge in [-0.25, -0.2) is 4.68 Å². The molecule has 2 N–H and O–H groups in total. The first-order chi connectivity index (χ1) is 18.8. The fourth-order valence-electron chi connectivity index (χ4n) is 5.43. The van der Waals surface area contributed by atoms with Crippen LogP contribution in [-0.2, 0) is 20.1 Å². The van der Waals surface area contributed by atoms with Gasteiger partial charge in [0.15, 0.2) is 0 Å². The van der Waals surface area contributed by atoms with E-state index in [0.717, 1.165) is 64.2 Å². The van der Waals surface area contributed by atoms with Gasteiger partial charge >= 0.3 is 0 Å².